The minimum atomic E-state index is 0.159. The van der Waals surface area contributed by atoms with Gasteiger partial charge in [0.1, 0.15) is 5.75 Å². The summed E-state index contributed by atoms with van der Waals surface area (Å²) in [6.07, 6.45) is 0.831. The van der Waals surface area contributed by atoms with E-state index < -0.39 is 0 Å². The van der Waals surface area contributed by atoms with E-state index in [1.54, 1.807) is 7.11 Å². The van der Waals surface area contributed by atoms with Gasteiger partial charge >= 0.3 is 0 Å². The number of ether oxygens (including phenoxy) is 1. The molecule has 0 spiro atoms. The highest BCUT2D eigenvalue weighted by Gasteiger charge is 2.15. The van der Waals surface area contributed by atoms with Crippen LogP contribution in [0.3, 0.4) is 0 Å². The van der Waals surface area contributed by atoms with Crippen LogP contribution < -0.4 is 10.1 Å². The number of hydrogen-bond acceptors (Lipinski definition) is 2. The van der Waals surface area contributed by atoms with Gasteiger partial charge in [0.15, 0.2) is 0 Å². The van der Waals surface area contributed by atoms with E-state index in [4.69, 9.17) is 16.3 Å². The summed E-state index contributed by atoms with van der Waals surface area (Å²) in [6.45, 7) is 0. The Labute approximate surface area is 133 Å². The van der Waals surface area contributed by atoms with Crippen molar-refractivity contribution < 1.29 is 4.74 Å². The fourth-order valence-corrected chi connectivity index (χ4v) is 2.86. The van der Waals surface area contributed by atoms with E-state index >= 15 is 0 Å². The van der Waals surface area contributed by atoms with Gasteiger partial charge < -0.3 is 10.1 Å². The van der Waals surface area contributed by atoms with Crippen LogP contribution >= 0.6 is 27.5 Å². The molecule has 2 aromatic carbocycles. The van der Waals surface area contributed by atoms with Crippen molar-refractivity contribution in [3.63, 3.8) is 0 Å². The number of likely N-dealkylation sites (N-methyl/N-ethyl adjacent to an activating group) is 1. The molecule has 1 atom stereocenters. The second kappa shape index (κ2) is 7.11. The third kappa shape index (κ3) is 3.54. The first-order valence-corrected chi connectivity index (χ1v) is 7.57. The van der Waals surface area contributed by atoms with Gasteiger partial charge in [-0.1, -0.05) is 45.7 Å². The Morgan fingerprint density at radius 3 is 2.65 bits per heavy atom. The summed E-state index contributed by atoms with van der Waals surface area (Å²) in [4.78, 5) is 0. The second-order valence-corrected chi connectivity index (χ2v) is 5.79. The largest absolute Gasteiger partial charge is 0.497 e. The lowest BCUT2D eigenvalue weighted by Gasteiger charge is -2.19. The zero-order valence-corrected chi connectivity index (χ0v) is 13.8. The Morgan fingerprint density at radius 2 is 2.00 bits per heavy atom. The molecule has 0 saturated heterocycles. The SMILES string of the molecule is CNC(Cc1cc(OC)ccc1Br)c1ccccc1Cl. The lowest BCUT2D eigenvalue weighted by Crippen LogP contribution is -2.19. The molecule has 0 bridgehead atoms. The molecule has 4 heteroatoms. The predicted octanol–water partition coefficient (Wildman–Crippen LogP) is 4.61. The molecule has 1 N–H and O–H groups in total. The molecule has 0 fully saturated rings. The summed E-state index contributed by atoms with van der Waals surface area (Å²) in [5.74, 6) is 0.859. The van der Waals surface area contributed by atoms with Gasteiger partial charge in [-0.25, -0.2) is 0 Å². The Kier molecular flexibility index (Phi) is 5.46. The Hall–Kier alpha value is -1.03. The molecule has 20 heavy (non-hydrogen) atoms. The fraction of sp³-hybridized carbons (Fsp3) is 0.250. The van der Waals surface area contributed by atoms with Crippen LogP contribution in [0.15, 0.2) is 46.9 Å². The summed E-state index contributed by atoms with van der Waals surface area (Å²) < 4.78 is 6.36. The Morgan fingerprint density at radius 1 is 1.25 bits per heavy atom. The Bertz CT molecular complexity index is 588. The summed E-state index contributed by atoms with van der Waals surface area (Å²) >= 11 is 9.88. The van der Waals surface area contributed by atoms with Crippen molar-refractivity contribution in [1.29, 1.82) is 0 Å². The average Bonchev–Trinajstić information content (AvgIpc) is 2.47. The summed E-state index contributed by atoms with van der Waals surface area (Å²) in [5.41, 5.74) is 2.29. The number of hydrogen-bond donors (Lipinski definition) is 1. The van der Waals surface area contributed by atoms with E-state index in [-0.39, 0.29) is 6.04 Å². The van der Waals surface area contributed by atoms with Gasteiger partial charge in [-0.05, 0) is 48.9 Å². The molecule has 0 amide bonds. The first-order chi connectivity index (χ1) is 9.65. The molecular weight excluding hydrogens is 338 g/mol. The Balaban J connectivity index is 2.29. The van der Waals surface area contributed by atoms with E-state index in [0.29, 0.717) is 0 Å². The van der Waals surface area contributed by atoms with E-state index in [1.807, 2.05) is 43.4 Å². The van der Waals surface area contributed by atoms with E-state index in [9.17, 15) is 0 Å². The van der Waals surface area contributed by atoms with Crippen molar-refractivity contribution in [2.24, 2.45) is 0 Å². The highest BCUT2D eigenvalue weighted by molar-refractivity contribution is 9.10. The third-order valence-electron chi connectivity index (χ3n) is 3.31. The molecule has 106 valence electrons. The number of benzene rings is 2. The van der Waals surface area contributed by atoms with Gasteiger partial charge in [-0.3, -0.25) is 0 Å². The predicted molar refractivity (Wildman–Crippen MR) is 87.7 cm³/mol. The molecule has 1 unspecified atom stereocenters. The monoisotopic (exact) mass is 353 g/mol. The smallest absolute Gasteiger partial charge is 0.119 e. The summed E-state index contributed by atoms with van der Waals surface area (Å²) in [6, 6.07) is 14.1. The van der Waals surface area contributed by atoms with Gasteiger partial charge in [-0.15, -0.1) is 0 Å². The molecule has 2 rings (SSSR count). The number of rotatable bonds is 5. The van der Waals surface area contributed by atoms with Gasteiger partial charge in [0.05, 0.1) is 7.11 Å². The second-order valence-electron chi connectivity index (χ2n) is 4.52. The molecule has 0 aromatic heterocycles. The van der Waals surface area contributed by atoms with Crippen LogP contribution in [0.1, 0.15) is 17.2 Å². The molecule has 2 aromatic rings. The standard InChI is InChI=1S/C16H17BrClNO/c1-19-16(13-5-3-4-6-15(13)18)10-11-9-12(20-2)7-8-14(11)17/h3-9,16,19H,10H2,1-2H3. The van der Waals surface area contributed by atoms with Crippen molar-refractivity contribution in [2.75, 3.05) is 14.2 Å². The van der Waals surface area contributed by atoms with Crippen LogP contribution in [0.2, 0.25) is 5.02 Å². The molecular formula is C16H17BrClNO. The van der Waals surface area contributed by atoms with Crippen LogP contribution in [0.25, 0.3) is 0 Å². The van der Waals surface area contributed by atoms with E-state index in [0.717, 1.165) is 27.2 Å². The normalized spacial score (nSPS) is 12.2. The topological polar surface area (TPSA) is 21.3 Å². The van der Waals surface area contributed by atoms with Crippen molar-refractivity contribution >= 4 is 27.5 Å². The molecule has 0 aliphatic rings. The van der Waals surface area contributed by atoms with Gasteiger partial charge in [0.25, 0.3) is 0 Å². The van der Waals surface area contributed by atoms with Gasteiger partial charge in [-0.2, -0.15) is 0 Å². The van der Waals surface area contributed by atoms with Crippen LogP contribution in [0.4, 0.5) is 0 Å². The average molecular weight is 355 g/mol. The molecule has 0 aliphatic heterocycles. The van der Waals surface area contributed by atoms with Crippen molar-refractivity contribution in [3.8, 4) is 5.75 Å². The quantitative estimate of drug-likeness (QED) is 0.846. The van der Waals surface area contributed by atoms with Crippen molar-refractivity contribution in [1.82, 2.24) is 5.32 Å². The summed E-state index contributed by atoms with van der Waals surface area (Å²) in [5, 5.41) is 4.11. The minimum absolute atomic E-state index is 0.159. The zero-order chi connectivity index (χ0) is 14.5. The van der Waals surface area contributed by atoms with Crippen LogP contribution in [-0.2, 0) is 6.42 Å². The number of halogens is 2. The fourth-order valence-electron chi connectivity index (χ4n) is 2.18. The molecule has 2 nitrogen and oxygen atoms in total. The highest BCUT2D eigenvalue weighted by atomic mass is 79.9. The first kappa shape index (κ1) is 15.4. The first-order valence-electron chi connectivity index (χ1n) is 6.39. The maximum Gasteiger partial charge on any atom is 0.119 e. The minimum Gasteiger partial charge on any atom is -0.497 e. The molecule has 0 saturated carbocycles. The van der Waals surface area contributed by atoms with Crippen LogP contribution in [-0.4, -0.2) is 14.2 Å². The van der Waals surface area contributed by atoms with E-state index in [2.05, 4.69) is 27.3 Å². The number of methoxy groups -OCH3 is 1. The lowest BCUT2D eigenvalue weighted by molar-refractivity contribution is 0.414. The van der Waals surface area contributed by atoms with Crippen LogP contribution in [0.5, 0.6) is 5.75 Å². The van der Waals surface area contributed by atoms with Gasteiger partial charge in [0, 0.05) is 15.5 Å². The molecule has 0 heterocycles. The van der Waals surface area contributed by atoms with Gasteiger partial charge in [0.2, 0.25) is 0 Å². The summed E-state index contributed by atoms with van der Waals surface area (Å²) in [7, 11) is 3.62. The zero-order valence-electron chi connectivity index (χ0n) is 11.5. The lowest BCUT2D eigenvalue weighted by atomic mass is 9.99. The molecule has 0 aliphatic carbocycles. The third-order valence-corrected chi connectivity index (χ3v) is 4.42. The number of nitrogens with one attached hydrogen (secondary N) is 1. The highest BCUT2D eigenvalue weighted by Crippen LogP contribution is 2.30. The maximum atomic E-state index is 6.29. The van der Waals surface area contributed by atoms with Crippen molar-refractivity contribution in [3.05, 3.63) is 63.1 Å². The molecule has 0 radical (unpaired) electrons. The van der Waals surface area contributed by atoms with Crippen molar-refractivity contribution in [2.45, 2.75) is 12.5 Å². The maximum absolute atomic E-state index is 6.29. The van der Waals surface area contributed by atoms with Crippen LogP contribution in [0, 0.1) is 0 Å². The van der Waals surface area contributed by atoms with E-state index in [1.165, 1.54) is 5.56 Å².